The molecule has 5 atom stereocenters. The number of aromatic amines is 1. The number of H-pyrrole nitrogens is 1. The monoisotopic (exact) mass is 720 g/mol. The average molecular weight is 720 g/mol. The first kappa shape index (κ1) is 34.6. The smallest absolute Gasteiger partial charge is 0.390 e. The molecule has 0 spiro atoms. The number of phosphoric acid groups is 3. The Balaban J connectivity index is 1.20. The lowest BCUT2D eigenvalue weighted by atomic mass is 10.2. The molecular formula is C21H27N10O13P3. The zero-order valence-corrected chi connectivity index (χ0v) is 26.3. The van der Waals surface area contributed by atoms with Crippen LogP contribution in [0, 0.1) is 0 Å². The number of aliphatic hydroxyl groups is 1. The summed E-state index contributed by atoms with van der Waals surface area (Å²) in [5.41, 5.74) is 7.89. The van der Waals surface area contributed by atoms with Gasteiger partial charge in [-0.1, -0.05) is 0 Å². The Morgan fingerprint density at radius 1 is 1.09 bits per heavy atom. The summed E-state index contributed by atoms with van der Waals surface area (Å²) >= 11 is 0. The van der Waals surface area contributed by atoms with Crippen LogP contribution in [-0.4, -0.2) is 97.0 Å². The third-order valence-electron chi connectivity index (χ3n) is 6.35. The fourth-order valence-corrected chi connectivity index (χ4v) is 7.51. The number of fused-ring (bicyclic) bond motifs is 2. The van der Waals surface area contributed by atoms with Crippen LogP contribution in [0.1, 0.15) is 18.2 Å². The van der Waals surface area contributed by atoms with Crippen molar-refractivity contribution in [1.29, 1.82) is 0 Å². The van der Waals surface area contributed by atoms with Crippen LogP contribution in [0.25, 0.3) is 28.3 Å². The number of nitrogens with two attached hydrogens (primary N) is 1. The van der Waals surface area contributed by atoms with E-state index in [1.165, 1.54) is 41.9 Å². The van der Waals surface area contributed by atoms with Crippen molar-refractivity contribution >= 4 is 69.3 Å². The maximum absolute atomic E-state index is 12.5. The molecule has 4 aromatic rings. The number of rotatable bonds is 14. The van der Waals surface area contributed by atoms with E-state index >= 15 is 0 Å². The topological polar surface area (TPSA) is 342 Å². The SMILES string of the molecule is Nc1ncnc2c1c(/C=C/C(=O)NCCNc1ncnc3nc[nH]c13)cn2C1CC(O)[C@@H](COP(=O)(O)OP(=O)(O)OP(=O)(O)O)O1. The molecule has 1 aliphatic heterocycles. The van der Waals surface area contributed by atoms with Crippen LogP contribution in [0.4, 0.5) is 11.6 Å². The Kier molecular flexibility index (Phi) is 10.2. The molecule has 0 radical (unpaired) electrons. The summed E-state index contributed by atoms with van der Waals surface area (Å²) in [7, 11) is -16.7. The fourth-order valence-electron chi connectivity index (χ4n) is 4.48. The van der Waals surface area contributed by atoms with E-state index < -0.39 is 54.4 Å². The summed E-state index contributed by atoms with van der Waals surface area (Å²) in [4.78, 5) is 72.2. The van der Waals surface area contributed by atoms with E-state index in [1.807, 2.05) is 0 Å². The van der Waals surface area contributed by atoms with Crippen molar-refractivity contribution in [1.82, 2.24) is 39.8 Å². The predicted molar refractivity (Wildman–Crippen MR) is 159 cm³/mol. The molecule has 0 aliphatic carbocycles. The molecule has 23 nitrogen and oxygen atoms in total. The maximum Gasteiger partial charge on any atom is 0.490 e. The second-order valence-corrected chi connectivity index (χ2v) is 14.1. The van der Waals surface area contributed by atoms with E-state index in [2.05, 4.69) is 53.7 Å². The lowest BCUT2D eigenvalue weighted by Crippen LogP contribution is -2.27. The highest BCUT2D eigenvalue weighted by molar-refractivity contribution is 7.66. The van der Waals surface area contributed by atoms with E-state index in [0.29, 0.717) is 34.5 Å². The summed E-state index contributed by atoms with van der Waals surface area (Å²) in [5, 5.41) is 16.7. The molecule has 47 heavy (non-hydrogen) atoms. The van der Waals surface area contributed by atoms with Crippen molar-refractivity contribution in [3.8, 4) is 0 Å². The zero-order valence-electron chi connectivity index (χ0n) is 23.6. The molecule has 1 fully saturated rings. The molecule has 5 rings (SSSR count). The van der Waals surface area contributed by atoms with Crippen molar-refractivity contribution in [3.05, 3.63) is 36.8 Å². The lowest BCUT2D eigenvalue weighted by molar-refractivity contribution is -0.116. The van der Waals surface area contributed by atoms with Crippen LogP contribution in [0.3, 0.4) is 0 Å². The number of aromatic nitrogens is 7. The highest BCUT2D eigenvalue weighted by Crippen LogP contribution is 2.66. The van der Waals surface area contributed by atoms with Crippen molar-refractivity contribution in [2.45, 2.75) is 24.9 Å². The van der Waals surface area contributed by atoms with Gasteiger partial charge in [0.1, 0.15) is 42.0 Å². The number of nitrogen functional groups attached to an aromatic ring is 1. The third kappa shape index (κ3) is 8.82. The molecular weight excluding hydrogens is 693 g/mol. The number of hydrogen-bond donors (Lipinski definition) is 9. The van der Waals surface area contributed by atoms with Gasteiger partial charge in [0, 0.05) is 37.3 Å². The van der Waals surface area contributed by atoms with Crippen molar-refractivity contribution < 1.29 is 61.1 Å². The molecule has 5 heterocycles. The van der Waals surface area contributed by atoms with Crippen LogP contribution in [0.2, 0.25) is 0 Å². The molecule has 10 N–H and O–H groups in total. The summed E-state index contributed by atoms with van der Waals surface area (Å²) < 4.78 is 53.6. The second kappa shape index (κ2) is 13.8. The molecule has 254 valence electrons. The summed E-state index contributed by atoms with van der Waals surface area (Å²) in [6, 6.07) is 0. The van der Waals surface area contributed by atoms with E-state index in [4.69, 9.17) is 20.3 Å². The maximum atomic E-state index is 12.5. The van der Waals surface area contributed by atoms with E-state index in [-0.39, 0.29) is 24.4 Å². The molecule has 4 unspecified atom stereocenters. The van der Waals surface area contributed by atoms with Gasteiger partial charge in [-0.3, -0.25) is 9.32 Å². The van der Waals surface area contributed by atoms with E-state index in [0.717, 1.165) is 0 Å². The van der Waals surface area contributed by atoms with Gasteiger partial charge in [-0.15, -0.1) is 0 Å². The Hall–Kier alpha value is -3.69. The number of imidazole rings is 1. The largest absolute Gasteiger partial charge is 0.490 e. The summed E-state index contributed by atoms with van der Waals surface area (Å²) in [5.74, 6) is 0.170. The quantitative estimate of drug-likeness (QED) is 0.0467. The number of ether oxygens (including phenoxy) is 1. The molecule has 1 aliphatic rings. The standard InChI is InChI=1S/C21H27N10O13P3/c22-18-16-11(1-2-14(33)23-3-4-24-19-17-20(27-8-25-17)29-10-28-19)6-31(21(16)30-9-26-18)15-5-12(32)13(42-15)7-41-46(37,38)44-47(39,40)43-45(34,35)36/h1-2,6,8-10,12-13,15,32H,3-5,7H2,(H,23,33)(H,37,38)(H,39,40)(H2,22,26,30)(H2,34,35,36)(H2,24,25,27,28,29)/b2-1+/t12?,13-,15?/m1/s1. The number of anilines is 2. The number of carbonyl (C=O) groups is 1. The van der Waals surface area contributed by atoms with Gasteiger partial charge in [0.05, 0.1) is 24.4 Å². The van der Waals surface area contributed by atoms with Gasteiger partial charge in [-0.05, 0) is 6.08 Å². The highest BCUT2D eigenvalue weighted by Gasteiger charge is 2.43. The summed E-state index contributed by atoms with van der Waals surface area (Å²) in [6.07, 6.45) is 4.69. The fraction of sp³-hybridized carbons (Fsp3) is 0.333. The molecule has 1 amide bonds. The lowest BCUT2D eigenvalue weighted by Gasteiger charge is -2.19. The van der Waals surface area contributed by atoms with Gasteiger partial charge >= 0.3 is 23.5 Å². The van der Waals surface area contributed by atoms with E-state index in [9.17, 15) is 33.4 Å². The molecule has 4 aromatic heterocycles. The second-order valence-electron chi connectivity index (χ2n) is 9.64. The van der Waals surface area contributed by atoms with E-state index in [1.54, 1.807) is 0 Å². The van der Waals surface area contributed by atoms with Gasteiger partial charge in [0.15, 0.2) is 11.5 Å². The Morgan fingerprint density at radius 3 is 2.62 bits per heavy atom. The van der Waals surface area contributed by atoms with Gasteiger partial charge in [-0.25, -0.2) is 38.6 Å². The van der Waals surface area contributed by atoms with Gasteiger partial charge < -0.3 is 55.3 Å². The number of hydrogen-bond acceptors (Lipinski definition) is 16. The van der Waals surface area contributed by atoms with Crippen molar-refractivity contribution in [2.75, 3.05) is 30.7 Å². The van der Waals surface area contributed by atoms with Crippen molar-refractivity contribution in [2.24, 2.45) is 0 Å². The van der Waals surface area contributed by atoms with Crippen LogP contribution in [0.5, 0.6) is 0 Å². The Labute approximate surface area is 262 Å². The molecule has 1 saturated heterocycles. The number of aliphatic hydroxyl groups excluding tert-OH is 1. The number of carbonyl (C=O) groups excluding carboxylic acids is 1. The minimum absolute atomic E-state index is 0.0794. The molecule has 0 aromatic carbocycles. The molecule has 0 bridgehead atoms. The Morgan fingerprint density at radius 2 is 1.85 bits per heavy atom. The van der Waals surface area contributed by atoms with Gasteiger partial charge in [0.2, 0.25) is 5.91 Å². The first-order valence-electron chi connectivity index (χ1n) is 13.2. The minimum atomic E-state index is -5.72. The number of nitrogens with zero attached hydrogens (tertiary/aromatic N) is 6. The minimum Gasteiger partial charge on any atom is -0.390 e. The highest BCUT2D eigenvalue weighted by atomic mass is 31.3. The number of phosphoric ester groups is 1. The molecule has 0 saturated carbocycles. The number of amides is 1. The van der Waals surface area contributed by atoms with Crippen LogP contribution >= 0.6 is 23.5 Å². The van der Waals surface area contributed by atoms with Crippen molar-refractivity contribution in [3.63, 3.8) is 0 Å². The predicted octanol–water partition coefficient (Wildman–Crippen LogP) is -0.0870. The normalized spacial score (nSPS) is 21.3. The van der Waals surface area contributed by atoms with Crippen LogP contribution < -0.4 is 16.4 Å². The molecule has 26 heteroatoms. The van der Waals surface area contributed by atoms with Gasteiger partial charge in [-0.2, -0.15) is 8.62 Å². The zero-order chi connectivity index (χ0) is 34.0. The average Bonchev–Trinajstić information content (AvgIpc) is 3.69. The Bertz CT molecular complexity index is 1950. The third-order valence-corrected chi connectivity index (χ3v) is 10.2. The first-order valence-corrected chi connectivity index (χ1v) is 17.7. The van der Waals surface area contributed by atoms with Crippen LogP contribution in [0.15, 0.2) is 31.3 Å². The number of nitrogens with one attached hydrogen (secondary N) is 3. The van der Waals surface area contributed by atoms with Crippen LogP contribution in [-0.2, 0) is 36.4 Å². The summed E-state index contributed by atoms with van der Waals surface area (Å²) in [6.45, 7) is -0.274. The van der Waals surface area contributed by atoms with Gasteiger partial charge in [0.25, 0.3) is 0 Å². The first-order chi connectivity index (χ1) is 22.1.